The van der Waals surface area contributed by atoms with E-state index in [1.54, 1.807) is 0 Å². The molecular formula is C22H20N2O6S. The molecule has 2 aromatic carbocycles. The molecular weight excluding hydrogens is 420 g/mol. The highest BCUT2D eigenvalue weighted by Crippen LogP contribution is 2.33. The first-order valence-corrected chi connectivity index (χ1v) is 10.4. The van der Waals surface area contributed by atoms with E-state index in [2.05, 4.69) is 4.98 Å². The zero-order chi connectivity index (χ0) is 22.0. The highest BCUT2D eigenvalue weighted by molar-refractivity contribution is 7.12. The number of hydrogen-bond donors (Lipinski definition) is 0. The van der Waals surface area contributed by atoms with Crippen molar-refractivity contribution in [2.24, 2.45) is 0 Å². The zero-order valence-corrected chi connectivity index (χ0v) is 17.9. The molecule has 3 aromatic rings. The quantitative estimate of drug-likeness (QED) is 0.316. The van der Waals surface area contributed by atoms with Crippen molar-refractivity contribution in [3.05, 3.63) is 73.1 Å². The van der Waals surface area contributed by atoms with E-state index < -0.39 is 10.9 Å². The smallest absolute Gasteiger partial charge is 0.311 e. The van der Waals surface area contributed by atoms with E-state index >= 15 is 0 Å². The fraction of sp³-hybridized carbons (Fsp3) is 0.273. The average molecular weight is 440 g/mol. The van der Waals surface area contributed by atoms with E-state index in [-0.39, 0.29) is 32.1 Å². The van der Waals surface area contributed by atoms with Gasteiger partial charge >= 0.3 is 5.97 Å². The summed E-state index contributed by atoms with van der Waals surface area (Å²) < 4.78 is 16.1. The number of esters is 1. The molecule has 1 aliphatic heterocycles. The van der Waals surface area contributed by atoms with Crippen LogP contribution in [0.1, 0.15) is 26.6 Å². The fourth-order valence-electron chi connectivity index (χ4n) is 3.36. The van der Waals surface area contributed by atoms with Crippen LogP contribution >= 0.6 is 11.3 Å². The fourth-order valence-corrected chi connectivity index (χ4v) is 4.30. The Kier molecular flexibility index (Phi) is 5.97. The van der Waals surface area contributed by atoms with Crippen molar-refractivity contribution in [2.75, 3.05) is 6.79 Å². The normalized spacial score (nSPS) is 12.7. The summed E-state index contributed by atoms with van der Waals surface area (Å²) in [6.07, 6.45) is 0.0653. The molecule has 1 aliphatic rings. The molecule has 160 valence electrons. The van der Waals surface area contributed by atoms with Gasteiger partial charge in [0.15, 0.2) is 6.79 Å². The predicted octanol–water partition coefficient (Wildman–Crippen LogP) is 4.49. The lowest BCUT2D eigenvalue weighted by molar-refractivity contribution is -0.385. The molecule has 1 aromatic heterocycles. The lowest BCUT2D eigenvalue weighted by Crippen LogP contribution is -2.15. The maximum atomic E-state index is 12.6. The van der Waals surface area contributed by atoms with Crippen LogP contribution in [0.2, 0.25) is 0 Å². The Morgan fingerprint density at radius 2 is 2.03 bits per heavy atom. The Morgan fingerprint density at radius 1 is 1.26 bits per heavy atom. The van der Waals surface area contributed by atoms with E-state index in [0.29, 0.717) is 16.9 Å². The van der Waals surface area contributed by atoms with Crippen LogP contribution in [-0.2, 0) is 33.9 Å². The number of carbonyl (C=O) groups excluding carboxylic acids is 1. The molecule has 8 nitrogen and oxygen atoms in total. The molecule has 0 saturated carbocycles. The van der Waals surface area contributed by atoms with Crippen molar-refractivity contribution in [1.82, 2.24) is 4.98 Å². The highest BCUT2D eigenvalue weighted by Gasteiger charge is 2.22. The summed E-state index contributed by atoms with van der Waals surface area (Å²) >= 11 is 1.45. The SMILES string of the molecule is Cc1ccc(-c2nc(C)sc2CC(=O)OCc2cc([N+](=O)[O-])cc3c2OCOC3)cc1. The zero-order valence-electron chi connectivity index (χ0n) is 17.0. The second-order valence-corrected chi connectivity index (χ2v) is 8.46. The summed E-state index contributed by atoms with van der Waals surface area (Å²) in [5, 5.41) is 12.1. The minimum atomic E-state index is -0.492. The van der Waals surface area contributed by atoms with Crippen molar-refractivity contribution >= 4 is 23.0 Å². The van der Waals surface area contributed by atoms with Gasteiger partial charge in [-0.25, -0.2) is 4.98 Å². The number of carbonyl (C=O) groups is 1. The topological polar surface area (TPSA) is 101 Å². The van der Waals surface area contributed by atoms with E-state index in [9.17, 15) is 14.9 Å². The summed E-state index contributed by atoms with van der Waals surface area (Å²) in [5.74, 6) is 0.0305. The Balaban J connectivity index is 1.50. The van der Waals surface area contributed by atoms with Crippen LogP contribution in [0.3, 0.4) is 0 Å². The van der Waals surface area contributed by atoms with Crippen molar-refractivity contribution in [3.8, 4) is 17.0 Å². The number of thiazole rings is 1. The third kappa shape index (κ3) is 4.73. The number of rotatable bonds is 6. The first-order valence-electron chi connectivity index (χ1n) is 9.60. The van der Waals surface area contributed by atoms with Gasteiger partial charge in [-0.05, 0) is 13.8 Å². The minimum Gasteiger partial charge on any atom is -0.467 e. The van der Waals surface area contributed by atoms with Crippen LogP contribution in [0.25, 0.3) is 11.3 Å². The molecule has 0 N–H and O–H groups in total. The first kappa shape index (κ1) is 21.0. The molecule has 0 amide bonds. The Morgan fingerprint density at radius 3 is 2.77 bits per heavy atom. The molecule has 0 fully saturated rings. The predicted molar refractivity (Wildman–Crippen MR) is 114 cm³/mol. The monoisotopic (exact) mass is 440 g/mol. The molecule has 0 aliphatic carbocycles. The summed E-state index contributed by atoms with van der Waals surface area (Å²) in [4.78, 5) is 28.7. The number of nitro groups is 1. The number of ether oxygens (including phenoxy) is 3. The van der Waals surface area contributed by atoms with Crippen LogP contribution < -0.4 is 4.74 Å². The number of nitro benzene ring substituents is 1. The van der Waals surface area contributed by atoms with Crippen LogP contribution in [0.15, 0.2) is 36.4 Å². The summed E-state index contributed by atoms with van der Waals surface area (Å²) in [5.41, 5.74) is 3.76. The second-order valence-electron chi connectivity index (χ2n) is 7.17. The van der Waals surface area contributed by atoms with Crippen LogP contribution in [0.5, 0.6) is 5.75 Å². The molecule has 0 saturated heterocycles. The summed E-state index contributed by atoms with van der Waals surface area (Å²) in [6, 6.07) is 10.7. The van der Waals surface area contributed by atoms with Crippen LogP contribution in [0, 0.1) is 24.0 Å². The van der Waals surface area contributed by atoms with Gasteiger partial charge in [0, 0.05) is 33.7 Å². The Bertz CT molecular complexity index is 1140. The molecule has 0 spiro atoms. The average Bonchev–Trinajstić information content (AvgIpc) is 3.12. The van der Waals surface area contributed by atoms with Gasteiger partial charge in [0.1, 0.15) is 12.4 Å². The number of benzene rings is 2. The summed E-state index contributed by atoms with van der Waals surface area (Å²) in [6.45, 7) is 4.03. The standard InChI is InChI=1S/C22H20N2O6S/c1-13-3-5-15(6-4-13)21-19(31-14(2)23-21)9-20(25)29-11-17-8-18(24(26)27)7-16-10-28-12-30-22(16)17/h3-8H,9-12H2,1-2H3. The van der Waals surface area contributed by atoms with Gasteiger partial charge in [0.05, 0.1) is 28.7 Å². The maximum absolute atomic E-state index is 12.6. The molecule has 2 heterocycles. The van der Waals surface area contributed by atoms with Crippen molar-refractivity contribution in [2.45, 2.75) is 33.5 Å². The lowest BCUT2D eigenvalue weighted by atomic mass is 10.1. The van der Waals surface area contributed by atoms with E-state index in [4.69, 9.17) is 14.2 Å². The number of hydrogen-bond acceptors (Lipinski definition) is 8. The largest absolute Gasteiger partial charge is 0.467 e. The molecule has 9 heteroatoms. The van der Waals surface area contributed by atoms with Gasteiger partial charge in [0.2, 0.25) is 0 Å². The van der Waals surface area contributed by atoms with Gasteiger partial charge in [0.25, 0.3) is 5.69 Å². The van der Waals surface area contributed by atoms with E-state index in [1.807, 2.05) is 38.1 Å². The molecule has 0 bridgehead atoms. The number of aryl methyl sites for hydroxylation is 2. The number of fused-ring (bicyclic) bond motifs is 1. The highest BCUT2D eigenvalue weighted by atomic mass is 32.1. The second kappa shape index (κ2) is 8.83. The molecule has 31 heavy (non-hydrogen) atoms. The van der Waals surface area contributed by atoms with Crippen molar-refractivity contribution in [1.29, 1.82) is 0 Å². The molecule has 0 unspecified atom stereocenters. The van der Waals surface area contributed by atoms with Crippen LogP contribution in [0.4, 0.5) is 5.69 Å². The molecule has 0 atom stereocenters. The van der Waals surface area contributed by atoms with Crippen molar-refractivity contribution < 1.29 is 23.9 Å². The third-order valence-corrected chi connectivity index (χ3v) is 5.78. The van der Waals surface area contributed by atoms with E-state index in [0.717, 1.165) is 26.7 Å². The van der Waals surface area contributed by atoms with Gasteiger partial charge in [-0.3, -0.25) is 14.9 Å². The number of non-ortho nitro benzene ring substituents is 1. The third-order valence-electron chi connectivity index (χ3n) is 4.81. The lowest BCUT2D eigenvalue weighted by Gasteiger charge is -2.20. The van der Waals surface area contributed by atoms with E-state index in [1.165, 1.54) is 23.5 Å². The van der Waals surface area contributed by atoms with Gasteiger partial charge < -0.3 is 14.2 Å². The van der Waals surface area contributed by atoms with Gasteiger partial charge in [-0.2, -0.15) is 0 Å². The number of aromatic nitrogens is 1. The van der Waals surface area contributed by atoms with Gasteiger partial charge in [-0.15, -0.1) is 11.3 Å². The Hall–Kier alpha value is -3.30. The van der Waals surface area contributed by atoms with Crippen LogP contribution in [-0.4, -0.2) is 22.7 Å². The Labute approximate surface area is 182 Å². The molecule has 4 rings (SSSR count). The summed E-state index contributed by atoms with van der Waals surface area (Å²) in [7, 11) is 0. The number of nitrogens with zero attached hydrogens (tertiary/aromatic N) is 2. The van der Waals surface area contributed by atoms with Gasteiger partial charge in [-0.1, -0.05) is 29.8 Å². The maximum Gasteiger partial charge on any atom is 0.311 e. The molecule has 0 radical (unpaired) electrons. The van der Waals surface area contributed by atoms with Crippen molar-refractivity contribution in [3.63, 3.8) is 0 Å². The first-order chi connectivity index (χ1) is 14.9. The minimum absolute atomic E-state index is 0.0474.